The van der Waals surface area contributed by atoms with Gasteiger partial charge in [0.15, 0.2) is 0 Å². The van der Waals surface area contributed by atoms with Crippen molar-refractivity contribution < 1.29 is 24.2 Å². The summed E-state index contributed by atoms with van der Waals surface area (Å²) in [6, 6.07) is 20.0. The number of methoxy groups -OCH3 is 1. The Morgan fingerprint density at radius 1 is 1.05 bits per heavy atom. The summed E-state index contributed by atoms with van der Waals surface area (Å²) in [4.78, 5) is 28.3. The third kappa shape index (κ3) is 4.59. The van der Waals surface area contributed by atoms with Crippen LogP contribution in [0.1, 0.15) is 60.5 Å². The van der Waals surface area contributed by atoms with Gasteiger partial charge in [0.2, 0.25) is 0 Å². The molecule has 0 saturated carbocycles. The molecule has 0 aliphatic carbocycles. The second-order valence-corrected chi connectivity index (χ2v) is 10.1. The number of amides is 1. The molecule has 6 heteroatoms. The van der Waals surface area contributed by atoms with Gasteiger partial charge in [-0.1, -0.05) is 50.2 Å². The summed E-state index contributed by atoms with van der Waals surface area (Å²) in [5.41, 5.74) is 4.36. The summed E-state index contributed by atoms with van der Waals surface area (Å²) in [7, 11) is 1.60. The average Bonchev–Trinajstić information content (AvgIpc) is 3.39. The van der Waals surface area contributed by atoms with Crippen LogP contribution in [0.5, 0.6) is 11.5 Å². The Morgan fingerprint density at radius 3 is 2.41 bits per heavy atom. The van der Waals surface area contributed by atoms with E-state index in [4.69, 9.17) is 9.47 Å². The number of nitrogens with zero attached hydrogens (tertiary/aromatic N) is 1. The standard InChI is InChI=1S/C31H31NO5/c1-18(2)21-7-9-22(10-8-21)28-27(29(33)23-11-14-26-24(16-23)15-19(3)37-26)30(34)31(35)32(28)17-20-5-12-25(36-4)13-6-20/h5-14,16,18-19,28,33H,15,17H2,1-4H3/b29-27-. The molecule has 0 spiro atoms. The Hall–Kier alpha value is -4.06. The van der Waals surface area contributed by atoms with Crippen molar-refractivity contribution in [2.24, 2.45) is 0 Å². The molecule has 190 valence electrons. The first-order valence-electron chi connectivity index (χ1n) is 12.6. The second kappa shape index (κ2) is 9.77. The average molecular weight is 498 g/mol. The Bertz CT molecular complexity index is 1370. The van der Waals surface area contributed by atoms with E-state index in [0.717, 1.165) is 34.4 Å². The van der Waals surface area contributed by atoms with E-state index in [1.54, 1.807) is 18.1 Å². The minimum absolute atomic E-state index is 0.0574. The molecule has 1 fully saturated rings. The van der Waals surface area contributed by atoms with Gasteiger partial charge in [-0.2, -0.15) is 0 Å². The van der Waals surface area contributed by atoms with Crippen LogP contribution in [0, 0.1) is 0 Å². The summed E-state index contributed by atoms with van der Waals surface area (Å²) in [5.74, 6) is 0.348. The van der Waals surface area contributed by atoms with E-state index in [0.29, 0.717) is 17.2 Å². The molecule has 2 heterocycles. The van der Waals surface area contributed by atoms with Gasteiger partial charge in [0.05, 0.1) is 18.7 Å². The number of rotatable bonds is 6. The van der Waals surface area contributed by atoms with Crippen molar-refractivity contribution in [3.05, 3.63) is 100 Å². The number of hydrogen-bond donors (Lipinski definition) is 1. The van der Waals surface area contributed by atoms with E-state index >= 15 is 0 Å². The third-order valence-corrected chi connectivity index (χ3v) is 7.14. The van der Waals surface area contributed by atoms with Crippen LogP contribution in [0.15, 0.2) is 72.3 Å². The van der Waals surface area contributed by atoms with Crippen LogP contribution < -0.4 is 9.47 Å². The first kappa shape index (κ1) is 24.6. The first-order chi connectivity index (χ1) is 17.8. The highest BCUT2D eigenvalue weighted by atomic mass is 16.5. The van der Waals surface area contributed by atoms with Crippen LogP contribution in [0.4, 0.5) is 0 Å². The summed E-state index contributed by atoms with van der Waals surface area (Å²) in [6.07, 6.45) is 0.782. The van der Waals surface area contributed by atoms with Crippen LogP contribution in [0.2, 0.25) is 0 Å². The minimum Gasteiger partial charge on any atom is -0.507 e. The fraction of sp³-hybridized carbons (Fsp3) is 0.290. The molecule has 37 heavy (non-hydrogen) atoms. The van der Waals surface area contributed by atoms with Crippen LogP contribution in [0.25, 0.3) is 5.76 Å². The molecule has 3 aromatic carbocycles. The van der Waals surface area contributed by atoms with Gasteiger partial charge < -0.3 is 19.5 Å². The van der Waals surface area contributed by atoms with E-state index in [1.807, 2.05) is 67.6 Å². The van der Waals surface area contributed by atoms with Gasteiger partial charge in [-0.15, -0.1) is 0 Å². The van der Waals surface area contributed by atoms with E-state index in [2.05, 4.69) is 13.8 Å². The lowest BCUT2D eigenvalue weighted by Gasteiger charge is -2.26. The van der Waals surface area contributed by atoms with E-state index in [9.17, 15) is 14.7 Å². The van der Waals surface area contributed by atoms with Gasteiger partial charge in [0.1, 0.15) is 23.4 Å². The third-order valence-electron chi connectivity index (χ3n) is 7.14. The normalized spacial score (nSPS) is 20.3. The number of ether oxygens (including phenoxy) is 2. The number of carbonyl (C=O) groups excluding carboxylic acids is 2. The van der Waals surface area contributed by atoms with Gasteiger partial charge in [-0.25, -0.2) is 0 Å². The molecule has 1 amide bonds. The van der Waals surface area contributed by atoms with Crippen molar-refractivity contribution in [2.45, 2.75) is 51.8 Å². The number of ketones is 1. The van der Waals surface area contributed by atoms with E-state index in [-0.39, 0.29) is 24.0 Å². The predicted molar refractivity (Wildman–Crippen MR) is 142 cm³/mol. The maximum Gasteiger partial charge on any atom is 0.295 e. The molecule has 2 aliphatic rings. The molecule has 5 rings (SSSR count). The summed E-state index contributed by atoms with van der Waals surface area (Å²) < 4.78 is 11.0. The van der Waals surface area contributed by atoms with Crippen molar-refractivity contribution >= 4 is 17.4 Å². The van der Waals surface area contributed by atoms with E-state index < -0.39 is 17.7 Å². The number of Topliss-reactive ketones (excluding diaryl/α,β-unsaturated/α-hetero) is 1. The Balaban J connectivity index is 1.60. The summed E-state index contributed by atoms with van der Waals surface area (Å²) in [5, 5.41) is 11.5. The molecule has 0 bridgehead atoms. The lowest BCUT2D eigenvalue weighted by atomic mass is 9.92. The number of carbonyl (C=O) groups is 2. The molecule has 2 atom stereocenters. The summed E-state index contributed by atoms with van der Waals surface area (Å²) >= 11 is 0. The van der Waals surface area contributed by atoms with Crippen LogP contribution in [-0.4, -0.2) is 34.9 Å². The van der Waals surface area contributed by atoms with E-state index in [1.165, 1.54) is 0 Å². The lowest BCUT2D eigenvalue weighted by molar-refractivity contribution is -0.140. The van der Waals surface area contributed by atoms with Crippen molar-refractivity contribution in [1.29, 1.82) is 0 Å². The molecule has 2 unspecified atom stereocenters. The number of aliphatic hydroxyl groups excluding tert-OH is 1. The van der Waals surface area contributed by atoms with Gasteiger partial charge in [0, 0.05) is 18.5 Å². The number of likely N-dealkylation sites (tertiary alicyclic amines) is 1. The molecular formula is C31H31NO5. The highest BCUT2D eigenvalue weighted by Crippen LogP contribution is 2.41. The zero-order valence-electron chi connectivity index (χ0n) is 21.5. The minimum atomic E-state index is -0.716. The molecule has 1 saturated heterocycles. The molecule has 0 radical (unpaired) electrons. The molecular weight excluding hydrogens is 466 g/mol. The highest BCUT2D eigenvalue weighted by molar-refractivity contribution is 6.46. The van der Waals surface area contributed by atoms with Gasteiger partial charge in [-0.3, -0.25) is 9.59 Å². The molecule has 1 N–H and O–H groups in total. The Labute approximate surface area is 217 Å². The predicted octanol–water partition coefficient (Wildman–Crippen LogP) is 5.76. The van der Waals surface area contributed by atoms with Gasteiger partial charge >= 0.3 is 0 Å². The SMILES string of the molecule is COc1ccc(CN2C(=O)C(=O)/C(=C(\O)c3ccc4c(c3)CC(C)O4)C2c2ccc(C(C)C)cc2)cc1. The van der Waals surface area contributed by atoms with Crippen molar-refractivity contribution in [2.75, 3.05) is 7.11 Å². The topological polar surface area (TPSA) is 76.1 Å². The fourth-order valence-electron chi connectivity index (χ4n) is 5.11. The number of fused-ring (bicyclic) bond motifs is 1. The van der Waals surface area contributed by atoms with Crippen LogP contribution in [-0.2, 0) is 22.6 Å². The zero-order chi connectivity index (χ0) is 26.3. The van der Waals surface area contributed by atoms with Crippen LogP contribution >= 0.6 is 0 Å². The van der Waals surface area contributed by atoms with Crippen LogP contribution in [0.3, 0.4) is 0 Å². The largest absolute Gasteiger partial charge is 0.507 e. The quantitative estimate of drug-likeness (QED) is 0.266. The van der Waals surface area contributed by atoms with Crippen molar-refractivity contribution in [3.63, 3.8) is 0 Å². The smallest absolute Gasteiger partial charge is 0.295 e. The molecule has 2 aliphatic heterocycles. The number of hydrogen-bond acceptors (Lipinski definition) is 5. The molecule has 6 nitrogen and oxygen atoms in total. The van der Waals surface area contributed by atoms with Crippen molar-refractivity contribution in [1.82, 2.24) is 4.90 Å². The molecule has 3 aromatic rings. The zero-order valence-corrected chi connectivity index (χ0v) is 21.5. The second-order valence-electron chi connectivity index (χ2n) is 10.1. The van der Waals surface area contributed by atoms with Crippen molar-refractivity contribution in [3.8, 4) is 11.5 Å². The Kier molecular flexibility index (Phi) is 6.50. The Morgan fingerprint density at radius 2 is 1.76 bits per heavy atom. The number of aliphatic hydroxyl groups is 1. The van der Waals surface area contributed by atoms with Gasteiger partial charge in [0.25, 0.3) is 11.7 Å². The fourth-order valence-corrected chi connectivity index (χ4v) is 5.11. The maximum absolute atomic E-state index is 13.4. The summed E-state index contributed by atoms with van der Waals surface area (Å²) in [6.45, 7) is 6.44. The maximum atomic E-state index is 13.4. The lowest BCUT2D eigenvalue weighted by Crippen LogP contribution is -2.29. The number of benzene rings is 3. The molecule has 0 aromatic heterocycles. The van der Waals surface area contributed by atoms with Gasteiger partial charge in [-0.05, 0) is 65.4 Å². The first-order valence-corrected chi connectivity index (χ1v) is 12.6. The monoisotopic (exact) mass is 497 g/mol. The highest BCUT2D eigenvalue weighted by Gasteiger charge is 2.46.